The number of fused-ring (bicyclic) bond motifs is 1. The third kappa shape index (κ3) is 1.73. The topological polar surface area (TPSA) is 34.9 Å². The zero-order chi connectivity index (χ0) is 11.9. The largest absolute Gasteiger partial charge is 0.333 e. The minimum Gasteiger partial charge on any atom is -0.293 e. The van der Waals surface area contributed by atoms with Crippen LogP contribution in [0.2, 0.25) is 0 Å². The number of hydrogen-bond donors (Lipinski definition) is 0. The summed E-state index contributed by atoms with van der Waals surface area (Å²) in [5.74, 6) is -0.327. The van der Waals surface area contributed by atoms with Gasteiger partial charge in [-0.1, -0.05) is 15.9 Å². The molecule has 0 radical (unpaired) electrons. The van der Waals surface area contributed by atoms with Crippen LogP contribution in [-0.4, -0.2) is 15.6 Å². The summed E-state index contributed by atoms with van der Waals surface area (Å²) in [4.78, 5) is 11.2. The molecule has 2 aromatic rings. The van der Waals surface area contributed by atoms with Crippen LogP contribution in [0.5, 0.6) is 0 Å². The highest BCUT2D eigenvalue weighted by Crippen LogP contribution is 2.26. The number of benzene rings is 1. The number of ketones is 1. The third-order valence-corrected chi connectivity index (χ3v) is 2.68. The van der Waals surface area contributed by atoms with Crippen LogP contribution in [0.25, 0.3) is 10.9 Å². The number of Topliss-reactive ketones (excluding diaryl/α,β-unsaturated/α-hetero) is 1. The Hall–Kier alpha value is -1.30. The third-order valence-electron chi connectivity index (χ3n) is 2.19. The van der Waals surface area contributed by atoms with Gasteiger partial charge in [-0.2, -0.15) is 13.9 Å². The fourth-order valence-electron chi connectivity index (χ4n) is 1.52. The lowest BCUT2D eigenvalue weighted by molar-refractivity contribution is 0.0609. The summed E-state index contributed by atoms with van der Waals surface area (Å²) in [5.41, 5.74) is 0.317. The molecule has 0 spiro atoms. The van der Waals surface area contributed by atoms with Gasteiger partial charge in [0.1, 0.15) is 5.69 Å². The second-order valence-electron chi connectivity index (χ2n) is 3.29. The standard InChI is InChI=1S/C10H7BrF2N2O/c1-5(16)9-7-3-2-6(11)4-8(7)15(14-9)10(12)13/h2-4,10H,1H3. The normalized spacial score (nSPS) is 11.3. The number of carbonyl (C=O) groups excluding carboxylic acids is 1. The molecule has 0 aliphatic carbocycles. The number of hydrogen-bond acceptors (Lipinski definition) is 2. The molecule has 0 fully saturated rings. The van der Waals surface area contributed by atoms with E-state index in [-0.39, 0.29) is 17.0 Å². The van der Waals surface area contributed by atoms with Gasteiger partial charge < -0.3 is 0 Å². The minimum atomic E-state index is -2.76. The maximum Gasteiger partial charge on any atom is 0.333 e. The molecule has 16 heavy (non-hydrogen) atoms. The Morgan fingerprint density at radius 1 is 1.50 bits per heavy atom. The molecule has 0 aliphatic rings. The first-order chi connectivity index (χ1) is 7.50. The predicted octanol–water partition coefficient (Wildman–Crippen LogP) is 3.40. The van der Waals surface area contributed by atoms with E-state index in [1.165, 1.54) is 13.0 Å². The van der Waals surface area contributed by atoms with Crippen LogP contribution < -0.4 is 0 Å². The molecule has 0 amide bonds. The maximum atomic E-state index is 12.7. The van der Waals surface area contributed by atoms with E-state index in [9.17, 15) is 13.6 Å². The number of nitrogens with zero attached hydrogens (tertiary/aromatic N) is 2. The van der Waals surface area contributed by atoms with E-state index in [1.54, 1.807) is 12.1 Å². The molecular weight excluding hydrogens is 282 g/mol. The number of rotatable bonds is 2. The Kier molecular flexibility index (Phi) is 2.75. The zero-order valence-corrected chi connectivity index (χ0v) is 9.83. The Morgan fingerprint density at radius 3 is 2.75 bits per heavy atom. The number of halogens is 3. The maximum absolute atomic E-state index is 12.7. The van der Waals surface area contributed by atoms with Crippen LogP contribution in [0, 0.1) is 0 Å². The number of alkyl halides is 2. The van der Waals surface area contributed by atoms with E-state index in [0.29, 0.717) is 14.5 Å². The van der Waals surface area contributed by atoms with Gasteiger partial charge in [0.05, 0.1) is 5.52 Å². The summed E-state index contributed by atoms with van der Waals surface area (Å²) >= 11 is 3.19. The van der Waals surface area contributed by atoms with Crippen molar-refractivity contribution in [3.8, 4) is 0 Å². The van der Waals surface area contributed by atoms with Gasteiger partial charge >= 0.3 is 6.55 Å². The van der Waals surface area contributed by atoms with Crippen LogP contribution in [0.15, 0.2) is 22.7 Å². The summed E-state index contributed by atoms with van der Waals surface area (Å²) in [7, 11) is 0. The summed E-state index contributed by atoms with van der Waals surface area (Å²) in [5, 5.41) is 4.07. The smallest absolute Gasteiger partial charge is 0.293 e. The Labute approximate surface area is 98.2 Å². The van der Waals surface area contributed by atoms with Crippen molar-refractivity contribution < 1.29 is 13.6 Å². The molecule has 0 N–H and O–H groups in total. The van der Waals surface area contributed by atoms with Gasteiger partial charge in [-0.05, 0) is 18.2 Å². The summed E-state index contributed by atoms with van der Waals surface area (Å²) in [6.45, 7) is -1.45. The van der Waals surface area contributed by atoms with Crippen LogP contribution in [0.3, 0.4) is 0 Å². The van der Waals surface area contributed by atoms with Gasteiger partial charge in [0.2, 0.25) is 0 Å². The van der Waals surface area contributed by atoms with Gasteiger partial charge in [-0.25, -0.2) is 4.68 Å². The fourth-order valence-corrected chi connectivity index (χ4v) is 1.87. The molecule has 0 saturated carbocycles. The van der Waals surface area contributed by atoms with E-state index in [2.05, 4.69) is 21.0 Å². The molecule has 1 heterocycles. The molecule has 2 rings (SSSR count). The van der Waals surface area contributed by atoms with Crippen molar-refractivity contribution in [2.45, 2.75) is 13.5 Å². The lowest BCUT2D eigenvalue weighted by Crippen LogP contribution is -2.02. The molecule has 0 bridgehead atoms. The summed E-state index contributed by atoms with van der Waals surface area (Å²) in [6, 6.07) is 4.80. The molecule has 3 nitrogen and oxygen atoms in total. The molecule has 6 heteroatoms. The van der Waals surface area contributed by atoms with E-state index in [0.717, 1.165) is 0 Å². The van der Waals surface area contributed by atoms with Gasteiger partial charge in [0.25, 0.3) is 0 Å². The van der Waals surface area contributed by atoms with Crippen molar-refractivity contribution in [2.75, 3.05) is 0 Å². The summed E-state index contributed by atoms with van der Waals surface area (Å²) < 4.78 is 26.6. The highest BCUT2D eigenvalue weighted by Gasteiger charge is 2.18. The minimum absolute atomic E-state index is 0.0720. The molecular formula is C10H7BrF2N2O. The molecule has 0 atom stereocenters. The van der Waals surface area contributed by atoms with Crippen molar-refractivity contribution in [2.24, 2.45) is 0 Å². The second kappa shape index (κ2) is 3.93. The lowest BCUT2D eigenvalue weighted by Gasteiger charge is -2.00. The van der Waals surface area contributed by atoms with Crippen molar-refractivity contribution in [3.05, 3.63) is 28.4 Å². The first kappa shape index (κ1) is 11.2. The lowest BCUT2D eigenvalue weighted by atomic mass is 10.2. The van der Waals surface area contributed by atoms with E-state index in [4.69, 9.17) is 0 Å². The SMILES string of the molecule is CC(=O)c1nn(C(F)F)c2cc(Br)ccc12. The van der Waals surface area contributed by atoms with E-state index >= 15 is 0 Å². The second-order valence-corrected chi connectivity index (χ2v) is 4.20. The van der Waals surface area contributed by atoms with E-state index in [1.807, 2.05) is 0 Å². The molecule has 0 saturated heterocycles. The number of aromatic nitrogens is 2. The predicted molar refractivity (Wildman–Crippen MR) is 58.7 cm³/mol. The van der Waals surface area contributed by atoms with Gasteiger partial charge in [0, 0.05) is 16.8 Å². The Bertz CT molecular complexity index is 565. The average molecular weight is 289 g/mol. The van der Waals surface area contributed by atoms with Crippen LogP contribution >= 0.6 is 15.9 Å². The quantitative estimate of drug-likeness (QED) is 0.794. The highest BCUT2D eigenvalue weighted by molar-refractivity contribution is 9.10. The van der Waals surface area contributed by atoms with Gasteiger partial charge in [0.15, 0.2) is 5.78 Å². The van der Waals surface area contributed by atoms with E-state index < -0.39 is 6.55 Å². The van der Waals surface area contributed by atoms with Crippen molar-refractivity contribution in [1.29, 1.82) is 0 Å². The molecule has 1 aromatic carbocycles. The molecule has 84 valence electrons. The van der Waals surface area contributed by atoms with Gasteiger partial charge in [-0.15, -0.1) is 0 Å². The van der Waals surface area contributed by atoms with Crippen molar-refractivity contribution >= 4 is 32.6 Å². The Balaban J connectivity index is 2.81. The van der Waals surface area contributed by atoms with Gasteiger partial charge in [-0.3, -0.25) is 4.79 Å². The van der Waals surface area contributed by atoms with Crippen molar-refractivity contribution in [3.63, 3.8) is 0 Å². The summed E-state index contributed by atoms with van der Waals surface area (Å²) in [6.07, 6.45) is 0. The van der Waals surface area contributed by atoms with Crippen LogP contribution in [0.1, 0.15) is 24.0 Å². The average Bonchev–Trinajstić information content (AvgIpc) is 2.56. The molecule has 0 unspecified atom stereocenters. The monoisotopic (exact) mass is 288 g/mol. The molecule has 0 aliphatic heterocycles. The highest BCUT2D eigenvalue weighted by atomic mass is 79.9. The van der Waals surface area contributed by atoms with Crippen LogP contribution in [-0.2, 0) is 0 Å². The first-order valence-corrected chi connectivity index (χ1v) is 5.27. The zero-order valence-electron chi connectivity index (χ0n) is 8.25. The van der Waals surface area contributed by atoms with Crippen LogP contribution in [0.4, 0.5) is 8.78 Å². The molecule has 1 aromatic heterocycles. The first-order valence-electron chi connectivity index (χ1n) is 4.47. The Morgan fingerprint density at radius 2 is 2.19 bits per heavy atom. The number of carbonyl (C=O) groups is 1. The van der Waals surface area contributed by atoms with Crippen molar-refractivity contribution in [1.82, 2.24) is 9.78 Å². The fraction of sp³-hybridized carbons (Fsp3) is 0.200.